The van der Waals surface area contributed by atoms with E-state index in [4.69, 9.17) is 5.26 Å². The van der Waals surface area contributed by atoms with Crippen molar-refractivity contribution in [3.63, 3.8) is 0 Å². The Bertz CT molecular complexity index is 373. The van der Waals surface area contributed by atoms with Crippen molar-refractivity contribution in [1.82, 2.24) is 4.98 Å². The molecule has 0 fully saturated rings. The molecule has 6 heteroatoms. The van der Waals surface area contributed by atoms with E-state index < -0.39 is 17.9 Å². The van der Waals surface area contributed by atoms with Gasteiger partial charge in [0.1, 0.15) is 15.5 Å². The molecular formula is C7H2F3IN2. The smallest absolute Gasteiger partial charge is 0.236 e. The molecule has 1 aromatic heterocycles. The monoisotopic (exact) mass is 298 g/mol. The number of hydrogen-bond acceptors (Lipinski definition) is 2. The lowest BCUT2D eigenvalue weighted by Crippen LogP contribution is -2.00. The fourth-order valence-corrected chi connectivity index (χ4v) is 1.25. The Kier molecular flexibility index (Phi) is 3.08. The number of pyridine rings is 1. The highest BCUT2D eigenvalue weighted by Gasteiger charge is 2.17. The summed E-state index contributed by atoms with van der Waals surface area (Å²) in [5, 5.41) is 8.42. The lowest BCUT2D eigenvalue weighted by molar-refractivity contribution is 0.140. The predicted octanol–water partition coefficient (Wildman–Crippen LogP) is 2.63. The summed E-state index contributed by atoms with van der Waals surface area (Å²) in [4.78, 5) is 3.28. The lowest BCUT2D eigenvalue weighted by atomic mass is 10.2. The van der Waals surface area contributed by atoms with E-state index >= 15 is 0 Å². The maximum absolute atomic E-state index is 12.8. The third-order valence-electron chi connectivity index (χ3n) is 1.28. The molecule has 0 radical (unpaired) electrons. The Morgan fingerprint density at radius 3 is 2.62 bits per heavy atom. The van der Waals surface area contributed by atoms with E-state index in [0.29, 0.717) is 0 Å². The van der Waals surface area contributed by atoms with E-state index in [2.05, 4.69) is 4.98 Å². The van der Waals surface area contributed by atoms with Gasteiger partial charge in [0.05, 0.1) is 5.56 Å². The van der Waals surface area contributed by atoms with E-state index in [9.17, 15) is 13.2 Å². The summed E-state index contributed by atoms with van der Waals surface area (Å²) in [5.74, 6) is -1.15. The second-order valence-electron chi connectivity index (χ2n) is 2.11. The van der Waals surface area contributed by atoms with Crippen LogP contribution in [0.15, 0.2) is 6.07 Å². The summed E-state index contributed by atoms with van der Waals surface area (Å²) >= 11 is 1.60. The maximum Gasteiger partial charge on any atom is 0.283 e. The third kappa shape index (κ3) is 2.09. The zero-order valence-corrected chi connectivity index (χ0v) is 8.22. The molecule has 1 rings (SSSR count). The number of rotatable bonds is 1. The molecule has 0 aliphatic carbocycles. The van der Waals surface area contributed by atoms with E-state index in [1.165, 1.54) is 0 Å². The van der Waals surface area contributed by atoms with Crippen LogP contribution in [0, 0.1) is 20.8 Å². The quantitative estimate of drug-likeness (QED) is 0.590. The first kappa shape index (κ1) is 10.2. The molecule has 0 N–H and O–H groups in total. The minimum atomic E-state index is -2.96. The van der Waals surface area contributed by atoms with Gasteiger partial charge >= 0.3 is 0 Å². The van der Waals surface area contributed by atoms with Crippen molar-refractivity contribution in [2.75, 3.05) is 0 Å². The lowest BCUT2D eigenvalue weighted by Gasteiger charge is -2.02. The largest absolute Gasteiger partial charge is 0.283 e. The van der Waals surface area contributed by atoms with Crippen LogP contribution in [-0.4, -0.2) is 4.98 Å². The van der Waals surface area contributed by atoms with Crippen LogP contribution in [-0.2, 0) is 0 Å². The number of nitriles is 1. The second-order valence-corrected chi connectivity index (χ2v) is 3.13. The third-order valence-corrected chi connectivity index (χ3v) is 2.11. The van der Waals surface area contributed by atoms with Gasteiger partial charge in [-0.2, -0.15) is 5.26 Å². The van der Waals surface area contributed by atoms with Crippen LogP contribution in [0.2, 0.25) is 0 Å². The predicted molar refractivity (Wildman–Crippen MR) is 46.6 cm³/mol. The first-order valence-electron chi connectivity index (χ1n) is 3.10. The van der Waals surface area contributed by atoms with Gasteiger partial charge in [-0.15, -0.1) is 0 Å². The summed E-state index contributed by atoms with van der Waals surface area (Å²) in [6, 6.07) is 2.41. The van der Waals surface area contributed by atoms with Crippen molar-refractivity contribution in [1.29, 1.82) is 5.26 Å². The van der Waals surface area contributed by atoms with Crippen molar-refractivity contribution in [3.05, 3.63) is 26.8 Å². The first-order chi connectivity index (χ1) is 6.06. The minimum Gasteiger partial charge on any atom is -0.236 e. The molecule has 0 atom stereocenters. The summed E-state index contributed by atoms with van der Waals surface area (Å²) < 4.78 is 37.0. The second kappa shape index (κ2) is 3.91. The van der Waals surface area contributed by atoms with Crippen molar-refractivity contribution in [3.8, 4) is 6.07 Å². The van der Waals surface area contributed by atoms with Gasteiger partial charge in [0.15, 0.2) is 5.82 Å². The summed E-state index contributed by atoms with van der Waals surface area (Å²) in [6.07, 6.45) is -2.96. The molecule has 0 amide bonds. The number of halogens is 4. The summed E-state index contributed by atoms with van der Waals surface area (Å²) in [5.41, 5.74) is -0.953. The minimum absolute atomic E-state index is 0.0394. The number of hydrogen-bond donors (Lipinski definition) is 0. The zero-order valence-electron chi connectivity index (χ0n) is 6.06. The average molecular weight is 298 g/mol. The van der Waals surface area contributed by atoms with Gasteiger partial charge in [-0.05, 0) is 28.7 Å². The molecule has 0 saturated carbocycles. The summed E-state index contributed by atoms with van der Waals surface area (Å²) in [6.45, 7) is 0. The molecule has 0 aliphatic heterocycles. The van der Waals surface area contributed by atoms with Crippen LogP contribution in [0.25, 0.3) is 0 Å². The van der Waals surface area contributed by atoms with Crippen LogP contribution >= 0.6 is 22.6 Å². The van der Waals surface area contributed by atoms with Gasteiger partial charge in [-0.1, -0.05) is 0 Å². The van der Waals surface area contributed by atoms with Crippen LogP contribution < -0.4 is 0 Å². The Morgan fingerprint density at radius 2 is 2.15 bits per heavy atom. The molecule has 68 valence electrons. The standard InChI is InChI=1S/C7H2F3IN2/c8-4-1-3(2-12)7(11)13-5(4)6(9)10/h1,6H. The highest BCUT2D eigenvalue weighted by Crippen LogP contribution is 2.22. The van der Waals surface area contributed by atoms with Crippen molar-refractivity contribution < 1.29 is 13.2 Å². The average Bonchev–Trinajstić information content (AvgIpc) is 2.07. The molecule has 0 spiro atoms. The Balaban J connectivity index is 3.31. The van der Waals surface area contributed by atoms with Gasteiger partial charge in [-0.25, -0.2) is 18.2 Å². The Labute approximate surface area is 85.5 Å². The number of nitrogens with zero attached hydrogens (tertiary/aromatic N) is 2. The molecule has 0 aliphatic rings. The molecule has 1 heterocycles. The molecule has 0 bridgehead atoms. The Hall–Kier alpha value is -0.840. The number of aromatic nitrogens is 1. The fourth-order valence-electron chi connectivity index (χ4n) is 0.711. The highest BCUT2D eigenvalue weighted by atomic mass is 127. The fraction of sp³-hybridized carbons (Fsp3) is 0.143. The SMILES string of the molecule is N#Cc1cc(F)c(C(F)F)nc1I. The number of alkyl halides is 2. The molecule has 0 saturated heterocycles. The molecular weight excluding hydrogens is 296 g/mol. The van der Waals surface area contributed by atoms with E-state index in [0.717, 1.165) is 6.07 Å². The van der Waals surface area contributed by atoms with Crippen LogP contribution in [0.3, 0.4) is 0 Å². The van der Waals surface area contributed by atoms with Gasteiger partial charge in [0, 0.05) is 0 Å². The van der Waals surface area contributed by atoms with Crippen molar-refractivity contribution in [2.45, 2.75) is 6.43 Å². The molecule has 0 unspecified atom stereocenters. The van der Waals surface area contributed by atoms with Gasteiger partial charge in [-0.3, -0.25) is 0 Å². The first-order valence-corrected chi connectivity index (χ1v) is 4.18. The molecule has 1 aromatic rings. The zero-order chi connectivity index (χ0) is 10.0. The maximum atomic E-state index is 12.8. The topological polar surface area (TPSA) is 36.7 Å². The van der Waals surface area contributed by atoms with Gasteiger partial charge in [0.2, 0.25) is 0 Å². The van der Waals surface area contributed by atoms with E-state index in [1.807, 2.05) is 0 Å². The van der Waals surface area contributed by atoms with Gasteiger partial charge in [0.25, 0.3) is 6.43 Å². The molecule has 13 heavy (non-hydrogen) atoms. The molecule has 2 nitrogen and oxygen atoms in total. The highest BCUT2D eigenvalue weighted by molar-refractivity contribution is 14.1. The van der Waals surface area contributed by atoms with Crippen molar-refractivity contribution in [2.24, 2.45) is 0 Å². The van der Waals surface area contributed by atoms with E-state index in [-0.39, 0.29) is 9.26 Å². The van der Waals surface area contributed by atoms with Crippen LogP contribution in [0.5, 0.6) is 0 Å². The van der Waals surface area contributed by atoms with Gasteiger partial charge < -0.3 is 0 Å². The Morgan fingerprint density at radius 1 is 1.54 bits per heavy atom. The summed E-state index contributed by atoms with van der Waals surface area (Å²) in [7, 11) is 0. The van der Waals surface area contributed by atoms with Crippen LogP contribution in [0.4, 0.5) is 13.2 Å². The molecule has 0 aromatic carbocycles. The van der Waals surface area contributed by atoms with Crippen molar-refractivity contribution >= 4 is 22.6 Å². The van der Waals surface area contributed by atoms with Crippen LogP contribution in [0.1, 0.15) is 17.7 Å². The normalized spacial score (nSPS) is 10.2. The van der Waals surface area contributed by atoms with E-state index in [1.54, 1.807) is 28.7 Å².